The lowest BCUT2D eigenvalue weighted by atomic mass is 10.1. The standard InChI is InChI=1S/C12H12FN3/c1-8(14)10-4-11(6-15-5-10)9-2-3-12(13)16-7-9/h2-8H,14H2,1H3. The van der Waals surface area contributed by atoms with Crippen LogP contribution in [-0.4, -0.2) is 9.97 Å². The van der Waals surface area contributed by atoms with Gasteiger partial charge in [-0.3, -0.25) is 4.98 Å². The van der Waals surface area contributed by atoms with E-state index in [1.54, 1.807) is 18.5 Å². The van der Waals surface area contributed by atoms with E-state index in [2.05, 4.69) is 9.97 Å². The van der Waals surface area contributed by atoms with Gasteiger partial charge in [0.2, 0.25) is 5.95 Å². The van der Waals surface area contributed by atoms with Crippen LogP contribution >= 0.6 is 0 Å². The molecule has 1 atom stereocenters. The smallest absolute Gasteiger partial charge is 0.212 e. The molecule has 1 unspecified atom stereocenters. The van der Waals surface area contributed by atoms with Gasteiger partial charge >= 0.3 is 0 Å². The van der Waals surface area contributed by atoms with E-state index in [4.69, 9.17) is 5.73 Å². The Morgan fingerprint density at radius 1 is 1.19 bits per heavy atom. The topological polar surface area (TPSA) is 51.8 Å². The Morgan fingerprint density at radius 2 is 2.00 bits per heavy atom. The number of pyridine rings is 2. The van der Waals surface area contributed by atoms with Crippen LogP contribution in [0, 0.1) is 5.95 Å². The molecule has 2 aromatic heterocycles. The van der Waals surface area contributed by atoms with Crippen LogP contribution in [0.2, 0.25) is 0 Å². The third-order valence-corrected chi connectivity index (χ3v) is 2.35. The molecule has 82 valence electrons. The van der Waals surface area contributed by atoms with E-state index in [0.29, 0.717) is 0 Å². The molecule has 0 aliphatic rings. The Kier molecular flexibility index (Phi) is 2.92. The average molecular weight is 217 g/mol. The average Bonchev–Trinajstić information content (AvgIpc) is 2.30. The van der Waals surface area contributed by atoms with Crippen LogP contribution in [-0.2, 0) is 0 Å². The number of halogens is 1. The van der Waals surface area contributed by atoms with Gasteiger partial charge in [-0.1, -0.05) is 0 Å². The van der Waals surface area contributed by atoms with Gasteiger partial charge in [0.05, 0.1) is 0 Å². The van der Waals surface area contributed by atoms with Crippen molar-refractivity contribution in [2.24, 2.45) is 5.73 Å². The van der Waals surface area contributed by atoms with Gasteiger partial charge in [-0.15, -0.1) is 0 Å². The lowest BCUT2D eigenvalue weighted by Gasteiger charge is -2.07. The van der Waals surface area contributed by atoms with Crippen molar-refractivity contribution in [3.8, 4) is 11.1 Å². The molecule has 0 spiro atoms. The van der Waals surface area contributed by atoms with Gasteiger partial charge in [0.25, 0.3) is 0 Å². The van der Waals surface area contributed by atoms with E-state index in [0.717, 1.165) is 16.7 Å². The first-order chi connectivity index (χ1) is 7.66. The first kappa shape index (κ1) is 10.7. The molecule has 0 saturated carbocycles. The van der Waals surface area contributed by atoms with Gasteiger partial charge in [0.15, 0.2) is 0 Å². The zero-order valence-corrected chi connectivity index (χ0v) is 8.89. The van der Waals surface area contributed by atoms with E-state index in [-0.39, 0.29) is 6.04 Å². The number of aromatic nitrogens is 2. The summed E-state index contributed by atoms with van der Waals surface area (Å²) in [4.78, 5) is 7.71. The maximum atomic E-state index is 12.7. The molecule has 0 aromatic carbocycles. The van der Waals surface area contributed by atoms with Crippen LogP contribution in [0.15, 0.2) is 36.8 Å². The molecule has 0 saturated heterocycles. The Labute approximate surface area is 93.2 Å². The molecule has 0 radical (unpaired) electrons. The molecular weight excluding hydrogens is 205 g/mol. The van der Waals surface area contributed by atoms with Crippen molar-refractivity contribution in [2.75, 3.05) is 0 Å². The molecular formula is C12H12FN3. The fraction of sp³-hybridized carbons (Fsp3) is 0.167. The van der Waals surface area contributed by atoms with Crippen molar-refractivity contribution >= 4 is 0 Å². The van der Waals surface area contributed by atoms with E-state index in [1.807, 2.05) is 13.0 Å². The maximum absolute atomic E-state index is 12.7. The monoisotopic (exact) mass is 217 g/mol. The zero-order valence-electron chi connectivity index (χ0n) is 8.89. The fourth-order valence-corrected chi connectivity index (χ4v) is 1.41. The molecule has 0 aliphatic heterocycles. The summed E-state index contributed by atoms with van der Waals surface area (Å²) >= 11 is 0. The number of nitrogens with two attached hydrogens (primary N) is 1. The second-order valence-corrected chi connectivity index (χ2v) is 3.67. The van der Waals surface area contributed by atoms with Crippen molar-refractivity contribution in [1.82, 2.24) is 9.97 Å². The van der Waals surface area contributed by atoms with E-state index in [9.17, 15) is 4.39 Å². The normalized spacial score (nSPS) is 12.4. The summed E-state index contributed by atoms with van der Waals surface area (Å²) in [7, 11) is 0. The molecule has 16 heavy (non-hydrogen) atoms. The first-order valence-electron chi connectivity index (χ1n) is 4.99. The molecule has 2 N–H and O–H groups in total. The lowest BCUT2D eigenvalue weighted by molar-refractivity contribution is 0.584. The second kappa shape index (κ2) is 4.37. The van der Waals surface area contributed by atoms with Crippen LogP contribution in [0.3, 0.4) is 0 Å². The predicted molar refractivity (Wildman–Crippen MR) is 60.0 cm³/mol. The number of rotatable bonds is 2. The van der Waals surface area contributed by atoms with Gasteiger partial charge in [-0.2, -0.15) is 4.39 Å². The Morgan fingerprint density at radius 3 is 2.62 bits per heavy atom. The molecule has 2 heterocycles. The summed E-state index contributed by atoms with van der Waals surface area (Å²) in [6, 6.07) is 4.87. The van der Waals surface area contributed by atoms with Gasteiger partial charge < -0.3 is 5.73 Å². The van der Waals surface area contributed by atoms with Crippen LogP contribution in [0.1, 0.15) is 18.5 Å². The third kappa shape index (κ3) is 2.23. The molecule has 0 aliphatic carbocycles. The van der Waals surface area contributed by atoms with Crippen LogP contribution < -0.4 is 5.73 Å². The zero-order chi connectivity index (χ0) is 11.5. The molecule has 2 rings (SSSR count). The minimum atomic E-state index is -0.486. The van der Waals surface area contributed by atoms with E-state index in [1.165, 1.54) is 12.3 Å². The van der Waals surface area contributed by atoms with Crippen molar-refractivity contribution in [3.05, 3.63) is 48.3 Å². The number of hydrogen-bond donors (Lipinski definition) is 1. The highest BCUT2D eigenvalue weighted by Gasteiger charge is 2.03. The molecule has 0 amide bonds. The predicted octanol–water partition coefficient (Wildman–Crippen LogP) is 2.30. The molecule has 3 nitrogen and oxygen atoms in total. The Balaban J connectivity index is 2.40. The van der Waals surface area contributed by atoms with E-state index < -0.39 is 5.95 Å². The van der Waals surface area contributed by atoms with Crippen LogP contribution in [0.25, 0.3) is 11.1 Å². The quantitative estimate of drug-likeness (QED) is 0.785. The second-order valence-electron chi connectivity index (χ2n) is 3.67. The van der Waals surface area contributed by atoms with Gasteiger partial charge in [-0.05, 0) is 30.7 Å². The summed E-state index contributed by atoms with van der Waals surface area (Å²) in [6.45, 7) is 1.89. The number of hydrogen-bond acceptors (Lipinski definition) is 3. The Bertz CT molecular complexity index is 480. The van der Waals surface area contributed by atoms with E-state index >= 15 is 0 Å². The summed E-state index contributed by atoms with van der Waals surface area (Å²) in [5.74, 6) is -0.486. The first-order valence-corrected chi connectivity index (χ1v) is 4.99. The molecule has 2 aromatic rings. The van der Waals surface area contributed by atoms with Crippen molar-refractivity contribution in [2.45, 2.75) is 13.0 Å². The van der Waals surface area contributed by atoms with Crippen molar-refractivity contribution < 1.29 is 4.39 Å². The minimum absolute atomic E-state index is 0.0687. The van der Waals surface area contributed by atoms with Crippen LogP contribution in [0.4, 0.5) is 4.39 Å². The highest BCUT2D eigenvalue weighted by atomic mass is 19.1. The lowest BCUT2D eigenvalue weighted by Crippen LogP contribution is -2.05. The highest BCUT2D eigenvalue weighted by Crippen LogP contribution is 2.20. The summed E-state index contributed by atoms with van der Waals surface area (Å²) in [5, 5.41) is 0. The fourth-order valence-electron chi connectivity index (χ4n) is 1.41. The highest BCUT2D eigenvalue weighted by molar-refractivity contribution is 5.61. The van der Waals surface area contributed by atoms with Crippen molar-refractivity contribution in [1.29, 1.82) is 0 Å². The van der Waals surface area contributed by atoms with Gasteiger partial charge in [0.1, 0.15) is 0 Å². The van der Waals surface area contributed by atoms with Crippen LogP contribution in [0.5, 0.6) is 0 Å². The number of nitrogens with zero attached hydrogens (tertiary/aromatic N) is 2. The Hall–Kier alpha value is -1.81. The molecule has 0 fully saturated rings. The SMILES string of the molecule is CC(N)c1cncc(-c2ccc(F)nc2)c1. The minimum Gasteiger partial charge on any atom is -0.324 e. The van der Waals surface area contributed by atoms with Gasteiger partial charge in [0, 0.05) is 35.8 Å². The van der Waals surface area contributed by atoms with Crippen molar-refractivity contribution in [3.63, 3.8) is 0 Å². The summed E-state index contributed by atoms with van der Waals surface area (Å²) < 4.78 is 12.7. The largest absolute Gasteiger partial charge is 0.324 e. The third-order valence-electron chi connectivity index (χ3n) is 2.35. The molecule has 0 bridgehead atoms. The van der Waals surface area contributed by atoms with Gasteiger partial charge in [-0.25, -0.2) is 4.98 Å². The molecule has 4 heteroatoms. The maximum Gasteiger partial charge on any atom is 0.212 e. The summed E-state index contributed by atoms with van der Waals surface area (Å²) in [6.07, 6.45) is 4.92. The summed E-state index contributed by atoms with van der Waals surface area (Å²) in [5.41, 5.74) is 8.44.